The van der Waals surface area contributed by atoms with E-state index in [1.54, 1.807) is 12.3 Å². The Balaban J connectivity index is 2.27. The number of thiophene rings is 1. The molecule has 0 aliphatic rings. The number of rotatable bonds is 4. The molecule has 2 amide bonds. The van der Waals surface area contributed by atoms with Crippen LogP contribution in [0.4, 0.5) is 10.5 Å². The average Bonchev–Trinajstić information content (AvgIpc) is 3.02. The van der Waals surface area contributed by atoms with Crippen molar-refractivity contribution >= 4 is 33.1 Å². The van der Waals surface area contributed by atoms with E-state index in [1.165, 1.54) is 22.8 Å². The summed E-state index contributed by atoms with van der Waals surface area (Å²) in [5.41, 5.74) is 3.87. The molecular formula is C16H17N3O3S2. The van der Waals surface area contributed by atoms with Gasteiger partial charge in [-0.15, -0.1) is 0 Å². The van der Waals surface area contributed by atoms with E-state index in [0.29, 0.717) is 5.69 Å². The predicted octanol–water partition coefficient (Wildman–Crippen LogP) is 3.25. The Hall–Kier alpha value is -2.37. The molecule has 2 aromatic rings. The van der Waals surface area contributed by atoms with Gasteiger partial charge in [0.25, 0.3) is 10.0 Å². The number of nitriles is 1. The quantitative estimate of drug-likeness (QED) is 0.871. The predicted molar refractivity (Wildman–Crippen MR) is 93.6 cm³/mol. The Kier molecular flexibility index (Phi) is 5.26. The number of carbonyl (C=O) groups is 1. The van der Waals surface area contributed by atoms with Crippen LogP contribution < -0.4 is 10.0 Å². The maximum Gasteiger partial charge on any atom is 0.333 e. The van der Waals surface area contributed by atoms with Gasteiger partial charge in [0.2, 0.25) is 0 Å². The minimum Gasteiger partial charge on any atom is -0.307 e. The molecular weight excluding hydrogens is 346 g/mol. The van der Waals surface area contributed by atoms with Crippen molar-refractivity contribution in [2.75, 3.05) is 5.32 Å². The van der Waals surface area contributed by atoms with Crippen LogP contribution in [0.15, 0.2) is 27.8 Å². The summed E-state index contributed by atoms with van der Waals surface area (Å²) < 4.78 is 26.1. The molecule has 0 atom stereocenters. The van der Waals surface area contributed by atoms with Gasteiger partial charge < -0.3 is 5.32 Å². The number of aryl methyl sites for hydroxylation is 2. The highest BCUT2D eigenvalue weighted by atomic mass is 32.2. The lowest BCUT2D eigenvalue weighted by molar-refractivity contribution is 0.256. The fraction of sp³-hybridized carbons (Fsp3) is 0.250. The monoisotopic (exact) mass is 363 g/mol. The van der Waals surface area contributed by atoms with Crippen LogP contribution in [0.5, 0.6) is 0 Å². The third-order valence-corrected chi connectivity index (χ3v) is 5.82. The molecule has 0 aliphatic carbocycles. The average molecular weight is 363 g/mol. The van der Waals surface area contributed by atoms with Crippen molar-refractivity contribution in [1.29, 1.82) is 5.26 Å². The first-order valence-corrected chi connectivity index (χ1v) is 9.51. The Bertz CT molecular complexity index is 911. The van der Waals surface area contributed by atoms with Crippen LogP contribution in [0.2, 0.25) is 0 Å². The van der Waals surface area contributed by atoms with Crippen molar-refractivity contribution in [2.24, 2.45) is 0 Å². The Morgan fingerprint density at radius 1 is 1.29 bits per heavy atom. The third-order valence-electron chi connectivity index (χ3n) is 3.66. The molecule has 1 heterocycles. The summed E-state index contributed by atoms with van der Waals surface area (Å²) in [6.07, 6.45) is 0.224. The molecule has 0 aliphatic heterocycles. The summed E-state index contributed by atoms with van der Waals surface area (Å²) in [7, 11) is -3.89. The molecule has 2 rings (SSSR count). The fourth-order valence-corrected chi connectivity index (χ4v) is 4.43. The second kappa shape index (κ2) is 7.03. The number of nitrogens with one attached hydrogen (secondary N) is 2. The molecule has 0 bridgehead atoms. The van der Waals surface area contributed by atoms with Crippen molar-refractivity contribution in [2.45, 2.75) is 32.1 Å². The second-order valence-corrected chi connectivity index (χ2v) is 7.80. The van der Waals surface area contributed by atoms with Crippen LogP contribution >= 0.6 is 11.3 Å². The molecule has 0 unspecified atom stereocenters. The number of anilines is 1. The highest BCUT2D eigenvalue weighted by molar-refractivity contribution is 7.90. The van der Waals surface area contributed by atoms with Gasteiger partial charge in [-0.2, -0.15) is 16.6 Å². The lowest BCUT2D eigenvalue weighted by Crippen LogP contribution is -2.34. The van der Waals surface area contributed by atoms with E-state index >= 15 is 0 Å². The Morgan fingerprint density at radius 3 is 2.58 bits per heavy atom. The topological polar surface area (TPSA) is 99.1 Å². The number of urea groups is 1. The number of sulfonamides is 1. The van der Waals surface area contributed by atoms with Gasteiger partial charge in [0, 0.05) is 11.1 Å². The SMILES string of the molecule is Cc1cc(C)c(NC(=O)NS(=O)(=O)c2ccsc2)c(C)c1CC#N. The summed E-state index contributed by atoms with van der Waals surface area (Å²) in [6, 6.07) is 4.55. The molecule has 0 radical (unpaired) electrons. The zero-order valence-electron chi connectivity index (χ0n) is 13.5. The first-order chi connectivity index (χ1) is 11.3. The van der Waals surface area contributed by atoms with Gasteiger partial charge in [-0.25, -0.2) is 17.9 Å². The molecule has 1 aromatic heterocycles. The van der Waals surface area contributed by atoms with Crippen LogP contribution in [-0.2, 0) is 16.4 Å². The van der Waals surface area contributed by atoms with E-state index in [-0.39, 0.29) is 11.3 Å². The number of amides is 2. The van der Waals surface area contributed by atoms with E-state index < -0.39 is 16.1 Å². The fourth-order valence-electron chi connectivity index (χ4n) is 2.49. The second-order valence-electron chi connectivity index (χ2n) is 5.34. The molecule has 24 heavy (non-hydrogen) atoms. The van der Waals surface area contributed by atoms with Crippen molar-refractivity contribution in [3.8, 4) is 6.07 Å². The smallest absolute Gasteiger partial charge is 0.307 e. The first-order valence-electron chi connectivity index (χ1n) is 7.09. The number of carbonyl (C=O) groups excluding carboxylic acids is 1. The van der Waals surface area contributed by atoms with Crippen LogP contribution in [0, 0.1) is 32.1 Å². The van der Waals surface area contributed by atoms with Gasteiger partial charge >= 0.3 is 6.03 Å². The third kappa shape index (κ3) is 3.75. The number of hydrogen-bond donors (Lipinski definition) is 2. The van der Waals surface area contributed by atoms with Crippen molar-refractivity contribution < 1.29 is 13.2 Å². The summed E-state index contributed by atoms with van der Waals surface area (Å²) in [4.78, 5) is 12.2. The van der Waals surface area contributed by atoms with Crippen LogP contribution in [0.3, 0.4) is 0 Å². The van der Waals surface area contributed by atoms with Crippen LogP contribution in [0.1, 0.15) is 22.3 Å². The standard InChI is InChI=1S/C16H17N3O3S2/c1-10-8-11(2)15(12(3)14(10)4-6-17)18-16(20)19-24(21,22)13-5-7-23-9-13/h5,7-9H,4H2,1-3H3,(H2,18,19,20). The highest BCUT2D eigenvalue weighted by Crippen LogP contribution is 2.27. The lowest BCUT2D eigenvalue weighted by atomic mass is 9.95. The molecule has 126 valence electrons. The van der Waals surface area contributed by atoms with Crippen molar-refractivity contribution in [3.63, 3.8) is 0 Å². The Morgan fingerprint density at radius 2 is 2.00 bits per heavy atom. The Labute approximate surface area is 145 Å². The summed E-state index contributed by atoms with van der Waals surface area (Å²) in [6.45, 7) is 5.52. The lowest BCUT2D eigenvalue weighted by Gasteiger charge is -2.17. The highest BCUT2D eigenvalue weighted by Gasteiger charge is 2.19. The van der Waals surface area contributed by atoms with E-state index in [2.05, 4.69) is 11.4 Å². The number of hydrogen-bond acceptors (Lipinski definition) is 5. The number of benzene rings is 1. The number of nitrogens with zero attached hydrogens (tertiary/aromatic N) is 1. The molecule has 0 spiro atoms. The summed E-state index contributed by atoms with van der Waals surface area (Å²) >= 11 is 1.23. The summed E-state index contributed by atoms with van der Waals surface area (Å²) in [5.74, 6) is 0. The van der Waals surface area contributed by atoms with E-state index in [9.17, 15) is 13.2 Å². The largest absolute Gasteiger partial charge is 0.333 e. The zero-order chi connectivity index (χ0) is 17.9. The molecule has 2 N–H and O–H groups in total. The van der Waals surface area contributed by atoms with Gasteiger partial charge in [-0.05, 0) is 54.5 Å². The van der Waals surface area contributed by atoms with Gasteiger partial charge in [0.05, 0.1) is 17.4 Å². The molecule has 6 nitrogen and oxygen atoms in total. The van der Waals surface area contributed by atoms with Crippen LogP contribution in [-0.4, -0.2) is 14.4 Å². The van der Waals surface area contributed by atoms with E-state index in [0.717, 1.165) is 22.3 Å². The van der Waals surface area contributed by atoms with Crippen molar-refractivity contribution in [3.05, 3.63) is 45.1 Å². The van der Waals surface area contributed by atoms with Gasteiger partial charge in [-0.1, -0.05) is 6.07 Å². The maximum absolute atomic E-state index is 12.1. The van der Waals surface area contributed by atoms with E-state index in [4.69, 9.17) is 5.26 Å². The van der Waals surface area contributed by atoms with Crippen LogP contribution in [0.25, 0.3) is 0 Å². The molecule has 1 aromatic carbocycles. The summed E-state index contributed by atoms with van der Waals surface area (Å²) in [5, 5.41) is 14.6. The first kappa shape index (κ1) is 18.0. The molecule has 0 saturated heterocycles. The molecule has 0 saturated carbocycles. The minimum atomic E-state index is -3.89. The normalized spacial score (nSPS) is 10.9. The van der Waals surface area contributed by atoms with Crippen molar-refractivity contribution in [1.82, 2.24) is 4.72 Å². The zero-order valence-corrected chi connectivity index (χ0v) is 15.1. The van der Waals surface area contributed by atoms with E-state index in [1.807, 2.05) is 24.6 Å². The van der Waals surface area contributed by atoms with Gasteiger partial charge in [0.1, 0.15) is 0 Å². The molecule has 0 fully saturated rings. The van der Waals surface area contributed by atoms with Gasteiger partial charge in [0.15, 0.2) is 0 Å². The molecule has 8 heteroatoms. The minimum absolute atomic E-state index is 0.0465. The maximum atomic E-state index is 12.1. The van der Waals surface area contributed by atoms with Gasteiger partial charge in [-0.3, -0.25) is 0 Å².